The van der Waals surface area contributed by atoms with Crippen molar-refractivity contribution < 1.29 is 13.5 Å². The zero-order chi connectivity index (χ0) is 13.0. The minimum Gasteiger partial charge on any atom is -0.396 e. The molecule has 0 aliphatic carbocycles. The Morgan fingerprint density at radius 3 is 2.83 bits per heavy atom. The highest BCUT2D eigenvalue weighted by atomic mass is 32.2. The lowest BCUT2D eigenvalue weighted by molar-refractivity contribution is 0.282. The number of unbranched alkanes of at least 4 members (excludes halogenated alkanes) is 1. The smallest absolute Gasteiger partial charge is 0.178 e. The van der Waals surface area contributed by atoms with Gasteiger partial charge in [0.05, 0.1) is 10.6 Å². The van der Waals surface area contributed by atoms with Gasteiger partial charge in [0.25, 0.3) is 0 Å². The first-order chi connectivity index (χ1) is 8.65. The molecule has 100 valence electrons. The van der Waals surface area contributed by atoms with Crippen LogP contribution in [0.15, 0.2) is 29.2 Å². The number of sulfone groups is 1. The molecule has 0 bridgehead atoms. The Labute approximate surface area is 108 Å². The van der Waals surface area contributed by atoms with Crippen LogP contribution in [0.25, 0.3) is 0 Å². The molecule has 0 saturated heterocycles. The molecule has 1 aromatic carbocycles. The van der Waals surface area contributed by atoms with Gasteiger partial charge in [-0.2, -0.15) is 0 Å². The van der Waals surface area contributed by atoms with E-state index in [1.807, 2.05) is 12.1 Å². The van der Waals surface area contributed by atoms with Gasteiger partial charge in [-0.05, 0) is 37.4 Å². The van der Waals surface area contributed by atoms with Crippen molar-refractivity contribution in [1.82, 2.24) is 5.32 Å². The maximum absolute atomic E-state index is 11.9. The summed E-state index contributed by atoms with van der Waals surface area (Å²) in [6, 6.07) is 7.33. The first kappa shape index (κ1) is 13.5. The summed E-state index contributed by atoms with van der Waals surface area (Å²) in [4.78, 5) is 0.468. The predicted octanol–water partition coefficient (Wildman–Crippen LogP) is 1.27. The molecule has 1 aliphatic rings. The molecule has 0 fully saturated rings. The summed E-state index contributed by atoms with van der Waals surface area (Å²) < 4.78 is 23.9. The summed E-state index contributed by atoms with van der Waals surface area (Å²) in [5, 5.41) is 12.1. The lowest BCUT2D eigenvalue weighted by Crippen LogP contribution is -2.30. The van der Waals surface area contributed by atoms with Crippen molar-refractivity contribution in [3.63, 3.8) is 0 Å². The van der Waals surface area contributed by atoms with Crippen LogP contribution in [0, 0.1) is 0 Å². The molecule has 0 spiro atoms. The number of benzene rings is 1. The quantitative estimate of drug-likeness (QED) is 0.790. The van der Waals surface area contributed by atoms with Gasteiger partial charge in [-0.25, -0.2) is 8.42 Å². The number of aliphatic hydroxyl groups is 1. The number of aliphatic hydroxyl groups excluding tert-OH is 1. The summed E-state index contributed by atoms with van der Waals surface area (Å²) in [6.07, 6.45) is 2.31. The van der Waals surface area contributed by atoms with E-state index in [4.69, 9.17) is 5.11 Å². The van der Waals surface area contributed by atoms with Crippen molar-refractivity contribution in [2.24, 2.45) is 0 Å². The van der Waals surface area contributed by atoms with Crippen molar-refractivity contribution in [2.75, 3.05) is 18.9 Å². The molecule has 0 aromatic heterocycles. The van der Waals surface area contributed by atoms with E-state index in [0.717, 1.165) is 24.9 Å². The van der Waals surface area contributed by atoms with Crippen molar-refractivity contribution in [1.29, 1.82) is 0 Å². The van der Waals surface area contributed by atoms with E-state index < -0.39 is 9.84 Å². The second kappa shape index (κ2) is 5.82. The van der Waals surface area contributed by atoms with Crippen LogP contribution in [0.2, 0.25) is 0 Å². The molecule has 2 N–H and O–H groups in total. The molecule has 0 saturated carbocycles. The zero-order valence-corrected chi connectivity index (χ0v) is 11.1. The van der Waals surface area contributed by atoms with Crippen molar-refractivity contribution in [3.8, 4) is 0 Å². The second-order valence-corrected chi connectivity index (χ2v) is 6.66. The van der Waals surface area contributed by atoms with Crippen LogP contribution in [0.3, 0.4) is 0 Å². The standard InChI is InChI=1S/C13H19NO3S/c15-9-4-3-8-14-12-7-10-18(16,17)13-6-2-1-5-11(12)13/h1-2,5-6,12,14-15H,3-4,7-10H2. The molecule has 2 rings (SSSR count). The molecule has 1 unspecified atom stereocenters. The summed E-state index contributed by atoms with van der Waals surface area (Å²) in [7, 11) is -3.09. The predicted molar refractivity (Wildman–Crippen MR) is 70.2 cm³/mol. The lowest BCUT2D eigenvalue weighted by atomic mass is 10.0. The number of fused-ring (bicyclic) bond motifs is 1. The summed E-state index contributed by atoms with van der Waals surface area (Å²) in [5.41, 5.74) is 0.882. The Morgan fingerprint density at radius 2 is 2.06 bits per heavy atom. The third-order valence-corrected chi connectivity index (χ3v) is 5.10. The largest absolute Gasteiger partial charge is 0.396 e. The van der Waals surface area contributed by atoms with Crippen molar-refractivity contribution >= 4 is 9.84 Å². The van der Waals surface area contributed by atoms with Crippen molar-refractivity contribution in [3.05, 3.63) is 29.8 Å². The van der Waals surface area contributed by atoms with Gasteiger partial charge in [-0.3, -0.25) is 0 Å². The van der Waals surface area contributed by atoms with E-state index in [-0.39, 0.29) is 18.4 Å². The molecule has 18 heavy (non-hydrogen) atoms. The van der Waals surface area contributed by atoms with E-state index in [0.29, 0.717) is 11.3 Å². The van der Waals surface area contributed by atoms with Crippen LogP contribution in [0.1, 0.15) is 30.9 Å². The van der Waals surface area contributed by atoms with Crippen LogP contribution in [-0.2, 0) is 9.84 Å². The molecule has 1 heterocycles. The normalized spacial score (nSPS) is 21.5. The topological polar surface area (TPSA) is 66.4 Å². The number of rotatable bonds is 5. The lowest BCUT2D eigenvalue weighted by Gasteiger charge is -2.26. The minimum atomic E-state index is -3.09. The van der Waals surface area contributed by atoms with Crippen LogP contribution in [-0.4, -0.2) is 32.4 Å². The minimum absolute atomic E-state index is 0.114. The fourth-order valence-electron chi connectivity index (χ4n) is 2.32. The molecule has 1 aliphatic heterocycles. The third-order valence-electron chi connectivity index (χ3n) is 3.28. The van der Waals surface area contributed by atoms with Gasteiger partial charge in [0.15, 0.2) is 9.84 Å². The maximum atomic E-state index is 11.9. The average Bonchev–Trinajstić information content (AvgIpc) is 2.37. The van der Waals surface area contributed by atoms with E-state index >= 15 is 0 Å². The summed E-state index contributed by atoms with van der Waals surface area (Å²) in [5.74, 6) is 0.210. The van der Waals surface area contributed by atoms with Gasteiger partial charge in [0.1, 0.15) is 0 Å². The maximum Gasteiger partial charge on any atom is 0.178 e. The van der Waals surface area contributed by atoms with Crippen LogP contribution in [0.5, 0.6) is 0 Å². The fourth-order valence-corrected chi connectivity index (χ4v) is 3.94. The zero-order valence-electron chi connectivity index (χ0n) is 10.3. The van der Waals surface area contributed by atoms with Crippen LogP contribution < -0.4 is 5.32 Å². The molecule has 0 amide bonds. The Balaban J connectivity index is 2.11. The van der Waals surface area contributed by atoms with Crippen LogP contribution in [0.4, 0.5) is 0 Å². The van der Waals surface area contributed by atoms with Gasteiger partial charge in [0, 0.05) is 12.6 Å². The first-order valence-corrected chi connectivity index (χ1v) is 7.96. The third kappa shape index (κ3) is 2.91. The van der Waals surface area contributed by atoms with Gasteiger partial charge >= 0.3 is 0 Å². The van der Waals surface area contributed by atoms with Gasteiger partial charge < -0.3 is 10.4 Å². The Morgan fingerprint density at radius 1 is 1.28 bits per heavy atom. The van der Waals surface area contributed by atoms with E-state index in [2.05, 4.69) is 5.32 Å². The summed E-state index contributed by atoms with van der Waals surface area (Å²) in [6.45, 7) is 1.01. The van der Waals surface area contributed by atoms with E-state index in [1.54, 1.807) is 12.1 Å². The van der Waals surface area contributed by atoms with Gasteiger partial charge in [-0.15, -0.1) is 0 Å². The molecule has 1 atom stereocenters. The number of nitrogens with one attached hydrogen (secondary N) is 1. The monoisotopic (exact) mass is 269 g/mol. The molecular weight excluding hydrogens is 250 g/mol. The molecular formula is C13H19NO3S. The molecule has 5 heteroatoms. The average molecular weight is 269 g/mol. The Bertz CT molecular complexity index is 499. The SMILES string of the molecule is O=S1(=O)CCC(NCCCCO)c2ccccc21. The second-order valence-electron chi connectivity index (χ2n) is 4.58. The van der Waals surface area contributed by atoms with Crippen molar-refractivity contribution in [2.45, 2.75) is 30.2 Å². The number of hydrogen-bond acceptors (Lipinski definition) is 4. The first-order valence-electron chi connectivity index (χ1n) is 6.31. The Hall–Kier alpha value is -0.910. The molecule has 0 radical (unpaired) electrons. The number of hydrogen-bond donors (Lipinski definition) is 2. The Kier molecular flexibility index (Phi) is 4.37. The summed E-state index contributed by atoms with van der Waals surface area (Å²) >= 11 is 0. The fraction of sp³-hybridized carbons (Fsp3) is 0.538. The van der Waals surface area contributed by atoms with Crippen LogP contribution >= 0.6 is 0 Å². The highest BCUT2D eigenvalue weighted by molar-refractivity contribution is 7.91. The molecule has 4 nitrogen and oxygen atoms in total. The van der Waals surface area contributed by atoms with Gasteiger partial charge in [-0.1, -0.05) is 18.2 Å². The van der Waals surface area contributed by atoms with E-state index in [1.165, 1.54) is 0 Å². The highest BCUT2D eigenvalue weighted by Crippen LogP contribution is 2.31. The molecule has 1 aromatic rings. The highest BCUT2D eigenvalue weighted by Gasteiger charge is 2.29. The van der Waals surface area contributed by atoms with E-state index in [9.17, 15) is 8.42 Å². The van der Waals surface area contributed by atoms with Gasteiger partial charge in [0.2, 0.25) is 0 Å².